The van der Waals surface area contributed by atoms with Crippen LogP contribution in [0.1, 0.15) is 12.7 Å². The average molecular weight is 166 g/mol. The minimum Gasteiger partial charge on any atom is -0.360 e. The topological polar surface area (TPSA) is 55.1 Å². The molecule has 1 aromatic heterocycles. The smallest absolute Gasteiger partial charge is 0.244 e. The van der Waals surface area contributed by atoms with Gasteiger partial charge in [-0.2, -0.15) is 0 Å². The third-order valence-electron chi connectivity index (χ3n) is 1.25. The van der Waals surface area contributed by atoms with Crippen molar-refractivity contribution in [3.8, 4) is 0 Å². The summed E-state index contributed by atoms with van der Waals surface area (Å²) in [5.41, 5.74) is 0. The maximum atomic E-state index is 10.9. The molecule has 0 saturated carbocycles. The number of hydrogen-bond donors (Lipinski definition) is 1. The Bertz CT molecular complexity index is 265. The molecule has 0 aromatic carbocycles. The molecule has 0 radical (unpaired) electrons. The van der Waals surface area contributed by atoms with Crippen molar-refractivity contribution in [3.05, 3.63) is 30.2 Å². The summed E-state index contributed by atoms with van der Waals surface area (Å²) in [6, 6.07) is 1.70. The van der Waals surface area contributed by atoms with Crippen LogP contribution in [0, 0.1) is 0 Å². The number of carbonyl (C=O) groups is 1. The van der Waals surface area contributed by atoms with Crippen molar-refractivity contribution in [1.29, 1.82) is 0 Å². The summed E-state index contributed by atoms with van der Waals surface area (Å²) in [5, 5.41) is 6.13. The van der Waals surface area contributed by atoms with E-state index in [2.05, 4.69) is 10.5 Å². The maximum absolute atomic E-state index is 10.9. The van der Waals surface area contributed by atoms with E-state index in [9.17, 15) is 4.79 Å². The van der Waals surface area contributed by atoms with Crippen molar-refractivity contribution >= 4 is 5.91 Å². The van der Waals surface area contributed by atoms with Crippen LogP contribution in [-0.2, 0) is 11.3 Å². The number of rotatable bonds is 3. The van der Waals surface area contributed by atoms with E-state index in [1.165, 1.54) is 12.3 Å². The lowest BCUT2D eigenvalue weighted by Gasteiger charge is -1.95. The quantitative estimate of drug-likeness (QED) is 0.678. The fraction of sp³-hybridized carbons (Fsp3) is 0.250. The van der Waals surface area contributed by atoms with Crippen LogP contribution in [0.3, 0.4) is 0 Å². The lowest BCUT2D eigenvalue weighted by Crippen LogP contribution is -2.19. The van der Waals surface area contributed by atoms with Crippen LogP contribution >= 0.6 is 0 Å². The van der Waals surface area contributed by atoms with E-state index in [4.69, 9.17) is 4.52 Å². The van der Waals surface area contributed by atoms with E-state index in [1.807, 2.05) is 0 Å². The van der Waals surface area contributed by atoms with Gasteiger partial charge in [0, 0.05) is 6.07 Å². The number of nitrogens with one attached hydrogen (secondary N) is 1. The standard InChI is InChI=1S/C8H10N2O2/c1-2-3-8(11)9-6-7-4-5-10-12-7/h2-5H,6H2,1H3,(H,9,11)/b3-2+. The molecule has 4 nitrogen and oxygen atoms in total. The third-order valence-corrected chi connectivity index (χ3v) is 1.25. The fourth-order valence-electron chi connectivity index (χ4n) is 0.718. The second-order valence-corrected chi connectivity index (χ2v) is 2.20. The van der Waals surface area contributed by atoms with E-state index in [1.54, 1.807) is 19.1 Å². The van der Waals surface area contributed by atoms with Crippen molar-refractivity contribution in [3.63, 3.8) is 0 Å². The first kappa shape index (κ1) is 8.52. The van der Waals surface area contributed by atoms with Gasteiger partial charge in [0.15, 0.2) is 5.76 Å². The molecule has 1 aromatic rings. The van der Waals surface area contributed by atoms with Crippen molar-refractivity contribution in [1.82, 2.24) is 10.5 Å². The molecule has 1 heterocycles. The minimum atomic E-state index is -0.131. The van der Waals surface area contributed by atoms with Crippen LogP contribution < -0.4 is 5.32 Å². The summed E-state index contributed by atoms with van der Waals surface area (Å²) in [6.45, 7) is 2.16. The first-order chi connectivity index (χ1) is 5.83. The van der Waals surface area contributed by atoms with Crippen LogP contribution in [0.5, 0.6) is 0 Å². The summed E-state index contributed by atoms with van der Waals surface area (Å²) < 4.78 is 4.77. The minimum absolute atomic E-state index is 0.131. The molecule has 0 aliphatic carbocycles. The van der Waals surface area contributed by atoms with Gasteiger partial charge in [0.2, 0.25) is 5.91 Å². The van der Waals surface area contributed by atoms with Gasteiger partial charge in [-0.05, 0) is 13.0 Å². The van der Waals surface area contributed by atoms with Crippen LogP contribution in [0.25, 0.3) is 0 Å². The Balaban J connectivity index is 2.31. The zero-order valence-corrected chi connectivity index (χ0v) is 6.78. The zero-order chi connectivity index (χ0) is 8.81. The SMILES string of the molecule is C/C=C/C(=O)NCc1ccno1. The van der Waals surface area contributed by atoms with E-state index in [0.717, 1.165) is 0 Å². The zero-order valence-electron chi connectivity index (χ0n) is 6.78. The molecule has 4 heteroatoms. The maximum Gasteiger partial charge on any atom is 0.244 e. The predicted octanol–water partition coefficient (Wildman–Crippen LogP) is 0.867. The molecule has 64 valence electrons. The van der Waals surface area contributed by atoms with E-state index in [0.29, 0.717) is 12.3 Å². The molecular formula is C8H10N2O2. The Morgan fingerprint density at radius 3 is 3.25 bits per heavy atom. The third kappa shape index (κ3) is 2.57. The molecule has 1 amide bonds. The molecule has 1 N–H and O–H groups in total. The monoisotopic (exact) mass is 166 g/mol. The fourth-order valence-corrected chi connectivity index (χ4v) is 0.718. The number of hydrogen-bond acceptors (Lipinski definition) is 3. The Labute approximate surface area is 70.2 Å². The Morgan fingerprint density at radius 2 is 2.67 bits per heavy atom. The van der Waals surface area contributed by atoms with E-state index >= 15 is 0 Å². The highest BCUT2D eigenvalue weighted by Gasteiger charge is 1.97. The Kier molecular flexibility index (Phi) is 3.07. The molecule has 0 aliphatic rings. The predicted molar refractivity (Wildman–Crippen MR) is 43.2 cm³/mol. The van der Waals surface area contributed by atoms with Crippen molar-refractivity contribution < 1.29 is 9.32 Å². The lowest BCUT2D eigenvalue weighted by molar-refractivity contribution is -0.116. The molecular weight excluding hydrogens is 156 g/mol. The lowest BCUT2D eigenvalue weighted by atomic mass is 10.4. The largest absolute Gasteiger partial charge is 0.360 e. The van der Waals surface area contributed by atoms with E-state index < -0.39 is 0 Å². The summed E-state index contributed by atoms with van der Waals surface area (Å²) in [5.74, 6) is 0.516. The average Bonchev–Trinajstić information content (AvgIpc) is 2.53. The van der Waals surface area contributed by atoms with E-state index in [-0.39, 0.29) is 5.91 Å². The number of aromatic nitrogens is 1. The van der Waals surface area contributed by atoms with Crippen LogP contribution in [0.15, 0.2) is 28.9 Å². The summed E-state index contributed by atoms with van der Waals surface area (Å²) in [6.07, 6.45) is 4.67. The van der Waals surface area contributed by atoms with Crippen molar-refractivity contribution in [2.45, 2.75) is 13.5 Å². The second-order valence-electron chi connectivity index (χ2n) is 2.20. The molecule has 0 fully saturated rings. The van der Waals surface area contributed by atoms with Gasteiger partial charge in [-0.25, -0.2) is 0 Å². The van der Waals surface area contributed by atoms with Gasteiger partial charge in [0.25, 0.3) is 0 Å². The first-order valence-corrected chi connectivity index (χ1v) is 3.63. The van der Waals surface area contributed by atoms with Gasteiger partial charge in [-0.1, -0.05) is 11.2 Å². The van der Waals surface area contributed by atoms with Gasteiger partial charge in [0.05, 0.1) is 12.7 Å². The van der Waals surface area contributed by atoms with Crippen LogP contribution in [-0.4, -0.2) is 11.1 Å². The van der Waals surface area contributed by atoms with Crippen molar-refractivity contribution in [2.75, 3.05) is 0 Å². The molecule has 0 bridgehead atoms. The number of amides is 1. The first-order valence-electron chi connectivity index (χ1n) is 3.63. The van der Waals surface area contributed by atoms with Gasteiger partial charge in [-0.3, -0.25) is 4.79 Å². The Hall–Kier alpha value is -1.58. The molecule has 0 spiro atoms. The highest BCUT2D eigenvalue weighted by atomic mass is 16.5. The second kappa shape index (κ2) is 4.33. The number of carbonyl (C=O) groups excluding carboxylic acids is 1. The summed E-state index contributed by atoms with van der Waals surface area (Å²) in [7, 11) is 0. The van der Waals surface area contributed by atoms with Crippen molar-refractivity contribution in [2.24, 2.45) is 0 Å². The van der Waals surface area contributed by atoms with Gasteiger partial charge in [0.1, 0.15) is 0 Å². The van der Waals surface area contributed by atoms with Crippen LogP contribution in [0.2, 0.25) is 0 Å². The molecule has 0 aliphatic heterocycles. The number of allylic oxidation sites excluding steroid dienone is 1. The molecule has 0 atom stereocenters. The summed E-state index contributed by atoms with van der Waals surface area (Å²) >= 11 is 0. The van der Waals surface area contributed by atoms with Crippen LogP contribution in [0.4, 0.5) is 0 Å². The highest BCUT2D eigenvalue weighted by Crippen LogP contribution is 1.94. The van der Waals surface area contributed by atoms with Gasteiger partial charge < -0.3 is 9.84 Å². The molecule has 0 unspecified atom stereocenters. The normalized spacial score (nSPS) is 10.4. The van der Waals surface area contributed by atoms with Gasteiger partial charge >= 0.3 is 0 Å². The highest BCUT2D eigenvalue weighted by molar-refractivity contribution is 5.87. The van der Waals surface area contributed by atoms with Gasteiger partial charge in [-0.15, -0.1) is 0 Å². The molecule has 1 rings (SSSR count). The summed E-state index contributed by atoms with van der Waals surface area (Å²) in [4.78, 5) is 10.9. The Morgan fingerprint density at radius 1 is 1.83 bits per heavy atom. The molecule has 12 heavy (non-hydrogen) atoms. The number of nitrogens with zero attached hydrogens (tertiary/aromatic N) is 1. The molecule has 0 saturated heterocycles.